The van der Waals surface area contributed by atoms with Gasteiger partial charge < -0.3 is 5.73 Å². The van der Waals surface area contributed by atoms with Crippen molar-refractivity contribution in [2.45, 2.75) is 104 Å². The van der Waals surface area contributed by atoms with Crippen molar-refractivity contribution >= 4 is 5.69 Å². The maximum Gasteiger partial charge on any atom is 0.314 e. The third-order valence-corrected chi connectivity index (χ3v) is 4.59. The minimum Gasteiger partial charge on any atom is -0.393 e. The zero-order valence-corrected chi connectivity index (χ0v) is 15.7. The summed E-state index contributed by atoms with van der Waals surface area (Å²) in [5.74, 6) is 0. The van der Waals surface area contributed by atoms with E-state index in [1.54, 1.807) is 0 Å². The van der Waals surface area contributed by atoms with E-state index in [0.717, 1.165) is 31.5 Å². The molecule has 0 saturated heterocycles. The van der Waals surface area contributed by atoms with Gasteiger partial charge in [0.15, 0.2) is 0 Å². The first kappa shape index (κ1) is 20.7. The molecule has 1 aromatic heterocycles. The number of nitrogens with two attached hydrogens (primary N) is 1. The zero-order chi connectivity index (χ0) is 17.6. The minimum atomic E-state index is -0.379. The lowest BCUT2D eigenvalue weighted by atomic mass is 10.1. The molecule has 0 aliphatic carbocycles. The van der Waals surface area contributed by atoms with E-state index < -0.39 is 0 Å². The predicted octanol–water partition coefficient (Wildman–Crippen LogP) is 4.48. The number of anilines is 1. The molecule has 0 bridgehead atoms. The molecule has 0 aromatic carbocycles. The Balaban J connectivity index is 2.46. The van der Waals surface area contributed by atoms with E-state index in [9.17, 15) is 4.79 Å². The quantitative estimate of drug-likeness (QED) is 0.508. The molecule has 0 aliphatic rings. The first-order chi connectivity index (χ1) is 11.7. The second kappa shape index (κ2) is 13.0. The number of aryl methyl sites for hydroxylation is 1. The maximum absolute atomic E-state index is 11.7. The summed E-state index contributed by atoms with van der Waals surface area (Å²) in [4.78, 5) is 11.7. The van der Waals surface area contributed by atoms with Crippen molar-refractivity contribution in [2.75, 3.05) is 5.73 Å². The predicted molar refractivity (Wildman–Crippen MR) is 101 cm³/mol. The van der Waals surface area contributed by atoms with Crippen LogP contribution < -0.4 is 11.3 Å². The fourth-order valence-electron chi connectivity index (χ4n) is 3.02. The molecule has 0 saturated carbocycles. The van der Waals surface area contributed by atoms with Crippen molar-refractivity contribution in [3.63, 3.8) is 0 Å². The number of rotatable bonds is 14. The molecule has 0 fully saturated rings. The van der Waals surface area contributed by atoms with Crippen LogP contribution in [0.15, 0.2) is 4.79 Å². The van der Waals surface area contributed by atoms with Gasteiger partial charge >= 0.3 is 5.56 Å². The highest BCUT2D eigenvalue weighted by Gasteiger charge is 2.10. The van der Waals surface area contributed by atoms with Gasteiger partial charge in [0.1, 0.15) is 5.69 Å². The normalized spacial score (nSPS) is 11.1. The average Bonchev–Trinajstić information content (AvgIpc) is 2.59. The zero-order valence-electron chi connectivity index (χ0n) is 15.7. The lowest BCUT2D eigenvalue weighted by Crippen LogP contribution is -2.24. The molecule has 0 amide bonds. The second-order valence-electron chi connectivity index (χ2n) is 6.76. The molecule has 5 heteroatoms. The topological polar surface area (TPSA) is 73.8 Å². The first-order valence-corrected chi connectivity index (χ1v) is 9.92. The molecule has 0 atom stereocenters. The SMILES string of the molecule is CCCCCCCCc1c(N)c(=O)nnn1CCCCCCCC. The largest absolute Gasteiger partial charge is 0.393 e. The third kappa shape index (κ3) is 7.93. The van der Waals surface area contributed by atoms with Crippen LogP contribution in [-0.4, -0.2) is 15.0 Å². The molecule has 2 N–H and O–H groups in total. The number of nitrogen functional groups attached to an aromatic ring is 1. The lowest BCUT2D eigenvalue weighted by Gasteiger charge is -2.13. The first-order valence-electron chi connectivity index (χ1n) is 9.92. The summed E-state index contributed by atoms with van der Waals surface area (Å²) in [5.41, 5.74) is 6.78. The van der Waals surface area contributed by atoms with Gasteiger partial charge in [-0.2, -0.15) is 0 Å². The Morgan fingerprint density at radius 2 is 1.38 bits per heavy atom. The summed E-state index contributed by atoms with van der Waals surface area (Å²) >= 11 is 0. The van der Waals surface area contributed by atoms with Crippen LogP contribution in [0.1, 0.15) is 96.6 Å². The van der Waals surface area contributed by atoms with Crippen molar-refractivity contribution in [1.29, 1.82) is 0 Å². The van der Waals surface area contributed by atoms with Gasteiger partial charge in [-0.15, -0.1) is 0 Å². The van der Waals surface area contributed by atoms with E-state index in [1.807, 2.05) is 4.68 Å². The minimum absolute atomic E-state index is 0.296. The Labute approximate surface area is 147 Å². The summed E-state index contributed by atoms with van der Waals surface area (Å²) in [5, 5.41) is 7.74. The second-order valence-corrected chi connectivity index (χ2v) is 6.76. The van der Waals surface area contributed by atoms with Crippen LogP contribution in [-0.2, 0) is 13.0 Å². The van der Waals surface area contributed by atoms with Crippen LogP contribution in [0.3, 0.4) is 0 Å². The molecule has 1 rings (SSSR count). The summed E-state index contributed by atoms with van der Waals surface area (Å²) in [6, 6.07) is 0. The molecule has 0 spiro atoms. The Morgan fingerprint density at radius 1 is 0.833 bits per heavy atom. The van der Waals surface area contributed by atoms with E-state index in [4.69, 9.17) is 5.73 Å². The molecule has 5 nitrogen and oxygen atoms in total. The van der Waals surface area contributed by atoms with Gasteiger partial charge in [0.25, 0.3) is 0 Å². The molecule has 24 heavy (non-hydrogen) atoms. The Hall–Kier alpha value is -1.39. The molecule has 138 valence electrons. The van der Waals surface area contributed by atoms with Gasteiger partial charge in [-0.1, -0.05) is 88.4 Å². The molecule has 0 aliphatic heterocycles. The number of hydrogen-bond acceptors (Lipinski definition) is 4. The summed E-state index contributed by atoms with van der Waals surface area (Å²) in [7, 11) is 0. The van der Waals surface area contributed by atoms with Crippen LogP contribution in [0.2, 0.25) is 0 Å². The highest BCUT2D eigenvalue weighted by Crippen LogP contribution is 2.13. The fourth-order valence-corrected chi connectivity index (χ4v) is 3.02. The standard InChI is InChI=1S/C19H36N4O/c1-3-5-7-9-11-13-15-17-18(20)19(24)21-22-23(17)16-14-12-10-8-6-4-2/h3-16,20H2,1-2H3. The molecule has 0 radical (unpaired) electrons. The van der Waals surface area contributed by atoms with E-state index >= 15 is 0 Å². The highest BCUT2D eigenvalue weighted by atomic mass is 16.1. The van der Waals surface area contributed by atoms with Crippen LogP contribution in [0.25, 0.3) is 0 Å². The maximum atomic E-state index is 11.7. The average molecular weight is 337 g/mol. The molecular formula is C19H36N4O. The lowest BCUT2D eigenvalue weighted by molar-refractivity contribution is 0.475. The molecule has 1 aromatic rings. The van der Waals surface area contributed by atoms with Gasteiger partial charge in [-0.3, -0.25) is 4.79 Å². The Morgan fingerprint density at radius 3 is 2.00 bits per heavy atom. The van der Waals surface area contributed by atoms with Gasteiger partial charge in [0, 0.05) is 6.54 Å². The van der Waals surface area contributed by atoms with Crippen LogP contribution in [0, 0.1) is 0 Å². The highest BCUT2D eigenvalue weighted by molar-refractivity contribution is 5.39. The van der Waals surface area contributed by atoms with Gasteiger partial charge in [-0.25, -0.2) is 4.68 Å². The summed E-state index contributed by atoms with van der Waals surface area (Å²) < 4.78 is 1.86. The van der Waals surface area contributed by atoms with Gasteiger partial charge in [-0.05, 0) is 19.3 Å². The summed E-state index contributed by atoms with van der Waals surface area (Å²) in [6.07, 6.45) is 15.6. The smallest absolute Gasteiger partial charge is 0.314 e. The van der Waals surface area contributed by atoms with Gasteiger partial charge in [0.05, 0.1) is 5.69 Å². The summed E-state index contributed by atoms with van der Waals surface area (Å²) in [6.45, 7) is 5.27. The third-order valence-electron chi connectivity index (χ3n) is 4.59. The van der Waals surface area contributed by atoms with E-state index in [0.29, 0.717) is 5.69 Å². The van der Waals surface area contributed by atoms with Crippen LogP contribution in [0.5, 0.6) is 0 Å². The Bertz CT molecular complexity index is 499. The fraction of sp³-hybridized carbons (Fsp3) is 0.842. The number of unbranched alkanes of at least 4 members (excludes halogenated alkanes) is 10. The van der Waals surface area contributed by atoms with Crippen molar-refractivity contribution in [3.8, 4) is 0 Å². The monoisotopic (exact) mass is 336 g/mol. The molecule has 1 heterocycles. The number of hydrogen-bond donors (Lipinski definition) is 1. The van der Waals surface area contributed by atoms with Crippen molar-refractivity contribution in [1.82, 2.24) is 15.0 Å². The van der Waals surface area contributed by atoms with E-state index in [2.05, 4.69) is 24.2 Å². The Kier molecular flexibility index (Phi) is 11.2. The van der Waals surface area contributed by atoms with Crippen molar-refractivity contribution in [2.24, 2.45) is 0 Å². The molecule has 0 unspecified atom stereocenters. The van der Waals surface area contributed by atoms with Gasteiger partial charge in [0.2, 0.25) is 0 Å². The van der Waals surface area contributed by atoms with Crippen LogP contribution >= 0.6 is 0 Å². The van der Waals surface area contributed by atoms with Crippen molar-refractivity contribution < 1.29 is 0 Å². The van der Waals surface area contributed by atoms with E-state index in [-0.39, 0.29) is 5.56 Å². The van der Waals surface area contributed by atoms with E-state index in [1.165, 1.54) is 64.2 Å². The number of nitrogens with zero attached hydrogens (tertiary/aromatic N) is 3. The van der Waals surface area contributed by atoms with Crippen LogP contribution in [0.4, 0.5) is 5.69 Å². The number of aromatic nitrogens is 3. The van der Waals surface area contributed by atoms with Crippen molar-refractivity contribution in [3.05, 3.63) is 16.0 Å². The molecular weight excluding hydrogens is 300 g/mol.